The molecule has 122 valence electrons. The van der Waals surface area contributed by atoms with Crippen LogP contribution in [-0.2, 0) is 6.54 Å². The van der Waals surface area contributed by atoms with Crippen molar-refractivity contribution in [1.29, 1.82) is 0 Å². The number of phenols is 1. The standard InChI is InChI=1S/C19H19N3O2/c1-13-4-2-3-5-18(13)24-19-9-6-14(10-17(19)23)11-22-12-16(20-21-22)15-7-8-15/h2-6,9-10,12,15,23H,7-8,11H2,1H3. The maximum absolute atomic E-state index is 10.3. The fourth-order valence-electron chi connectivity index (χ4n) is 2.68. The van der Waals surface area contributed by atoms with Crippen molar-refractivity contribution in [2.45, 2.75) is 32.2 Å². The van der Waals surface area contributed by atoms with Crippen LogP contribution in [0.2, 0.25) is 0 Å². The van der Waals surface area contributed by atoms with Crippen LogP contribution in [0.3, 0.4) is 0 Å². The Labute approximate surface area is 140 Å². The minimum absolute atomic E-state index is 0.123. The first kappa shape index (κ1) is 14.8. The highest BCUT2D eigenvalue weighted by atomic mass is 16.5. The van der Waals surface area contributed by atoms with E-state index in [-0.39, 0.29) is 5.75 Å². The van der Waals surface area contributed by atoms with E-state index in [2.05, 4.69) is 10.3 Å². The molecule has 0 saturated heterocycles. The summed E-state index contributed by atoms with van der Waals surface area (Å²) in [7, 11) is 0. The SMILES string of the molecule is Cc1ccccc1Oc1ccc(Cn2cc(C3CC3)nn2)cc1O. The summed E-state index contributed by atoms with van der Waals surface area (Å²) in [5.74, 6) is 1.91. The quantitative estimate of drug-likeness (QED) is 0.771. The molecule has 1 fully saturated rings. The Morgan fingerprint density at radius 2 is 2.00 bits per heavy atom. The molecule has 1 N–H and O–H groups in total. The number of hydrogen-bond donors (Lipinski definition) is 1. The van der Waals surface area contributed by atoms with Gasteiger partial charge in [0.05, 0.1) is 12.2 Å². The van der Waals surface area contributed by atoms with E-state index in [4.69, 9.17) is 4.74 Å². The number of aromatic hydroxyl groups is 1. The summed E-state index contributed by atoms with van der Waals surface area (Å²) in [6.07, 6.45) is 4.42. The molecule has 0 atom stereocenters. The van der Waals surface area contributed by atoms with E-state index in [0.717, 1.165) is 22.6 Å². The third-order valence-corrected chi connectivity index (χ3v) is 4.23. The van der Waals surface area contributed by atoms with Gasteiger partial charge in [-0.2, -0.15) is 0 Å². The highest BCUT2D eigenvalue weighted by molar-refractivity contribution is 5.45. The van der Waals surface area contributed by atoms with Gasteiger partial charge in [0.15, 0.2) is 11.5 Å². The Kier molecular flexibility index (Phi) is 3.69. The molecule has 1 saturated carbocycles. The van der Waals surface area contributed by atoms with E-state index >= 15 is 0 Å². The molecule has 0 aliphatic heterocycles. The van der Waals surface area contributed by atoms with Gasteiger partial charge in [-0.3, -0.25) is 0 Å². The lowest BCUT2D eigenvalue weighted by molar-refractivity contribution is 0.409. The average Bonchev–Trinajstić information content (AvgIpc) is 3.32. The fraction of sp³-hybridized carbons (Fsp3) is 0.263. The minimum Gasteiger partial charge on any atom is -0.504 e. The van der Waals surface area contributed by atoms with Crippen molar-refractivity contribution >= 4 is 0 Å². The van der Waals surface area contributed by atoms with Crippen LogP contribution in [0.5, 0.6) is 17.2 Å². The Morgan fingerprint density at radius 3 is 2.75 bits per heavy atom. The van der Waals surface area contributed by atoms with Crippen molar-refractivity contribution in [3.05, 3.63) is 65.5 Å². The average molecular weight is 321 g/mol. The van der Waals surface area contributed by atoms with Crippen molar-refractivity contribution in [2.75, 3.05) is 0 Å². The molecule has 1 aromatic heterocycles. The van der Waals surface area contributed by atoms with Crippen molar-refractivity contribution in [3.8, 4) is 17.2 Å². The maximum Gasteiger partial charge on any atom is 0.169 e. The van der Waals surface area contributed by atoms with Crippen molar-refractivity contribution in [3.63, 3.8) is 0 Å². The first-order valence-corrected chi connectivity index (χ1v) is 8.14. The van der Waals surface area contributed by atoms with Crippen LogP contribution >= 0.6 is 0 Å². The summed E-state index contributed by atoms with van der Waals surface area (Å²) < 4.78 is 7.61. The van der Waals surface area contributed by atoms with Gasteiger partial charge in [-0.1, -0.05) is 29.5 Å². The highest BCUT2D eigenvalue weighted by Crippen LogP contribution is 2.38. The largest absolute Gasteiger partial charge is 0.504 e. The lowest BCUT2D eigenvalue weighted by atomic mass is 10.2. The van der Waals surface area contributed by atoms with E-state index in [1.165, 1.54) is 12.8 Å². The van der Waals surface area contributed by atoms with Crippen LogP contribution in [0, 0.1) is 6.92 Å². The molecule has 0 amide bonds. The number of phenolic OH excluding ortho intramolecular Hbond substituents is 1. The summed E-state index contributed by atoms with van der Waals surface area (Å²) in [5, 5.41) is 18.6. The van der Waals surface area contributed by atoms with Gasteiger partial charge in [0.2, 0.25) is 0 Å². The maximum atomic E-state index is 10.3. The van der Waals surface area contributed by atoms with Gasteiger partial charge < -0.3 is 9.84 Å². The van der Waals surface area contributed by atoms with Crippen molar-refractivity contribution < 1.29 is 9.84 Å². The zero-order chi connectivity index (χ0) is 16.5. The van der Waals surface area contributed by atoms with Crippen LogP contribution in [0.15, 0.2) is 48.7 Å². The van der Waals surface area contributed by atoms with Crippen molar-refractivity contribution in [2.24, 2.45) is 0 Å². The Balaban J connectivity index is 1.49. The molecule has 0 radical (unpaired) electrons. The normalized spacial score (nSPS) is 13.9. The number of aromatic nitrogens is 3. The van der Waals surface area contributed by atoms with E-state index in [0.29, 0.717) is 18.2 Å². The third kappa shape index (κ3) is 3.11. The van der Waals surface area contributed by atoms with E-state index in [1.807, 2.05) is 48.1 Å². The van der Waals surface area contributed by atoms with E-state index in [9.17, 15) is 5.11 Å². The first-order chi connectivity index (χ1) is 11.7. The number of aryl methyl sites for hydroxylation is 1. The first-order valence-electron chi connectivity index (χ1n) is 8.14. The molecular weight excluding hydrogens is 302 g/mol. The molecular formula is C19H19N3O2. The molecule has 0 spiro atoms. The molecule has 4 rings (SSSR count). The highest BCUT2D eigenvalue weighted by Gasteiger charge is 2.26. The zero-order valence-electron chi connectivity index (χ0n) is 13.5. The van der Waals surface area contributed by atoms with Gasteiger partial charge in [-0.15, -0.1) is 5.10 Å². The van der Waals surface area contributed by atoms with Gasteiger partial charge >= 0.3 is 0 Å². The monoisotopic (exact) mass is 321 g/mol. The van der Waals surface area contributed by atoms with Gasteiger partial charge in [-0.25, -0.2) is 4.68 Å². The number of para-hydroxylation sites is 1. The molecule has 0 unspecified atom stereocenters. The predicted octanol–water partition coefficient (Wildman–Crippen LogP) is 4.01. The summed E-state index contributed by atoms with van der Waals surface area (Å²) in [4.78, 5) is 0. The van der Waals surface area contributed by atoms with Crippen LogP contribution in [-0.4, -0.2) is 20.1 Å². The summed E-state index contributed by atoms with van der Waals surface area (Å²) >= 11 is 0. The predicted molar refractivity (Wildman–Crippen MR) is 90.5 cm³/mol. The van der Waals surface area contributed by atoms with Crippen LogP contribution in [0.25, 0.3) is 0 Å². The molecule has 1 aliphatic carbocycles. The van der Waals surface area contributed by atoms with E-state index in [1.54, 1.807) is 12.1 Å². The topological polar surface area (TPSA) is 60.2 Å². The Hall–Kier alpha value is -2.82. The second kappa shape index (κ2) is 6.00. The van der Waals surface area contributed by atoms with Crippen LogP contribution in [0.4, 0.5) is 0 Å². The van der Waals surface area contributed by atoms with Crippen LogP contribution in [0.1, 0.15) is 35.6 Å². The smallest absolute Gasteiger partial charge is 0.169 e. The number of benzene rings is 2. The lowest BCUT2D eigenvalue weighted by Crippen LogP contribution is -2.00. The molecule has 2 aromatic carbocycles. The fourth-order valence-corrected chi connectivity index (χ4v) is 2.68. The third-order valence-electron chi connectivity index (χ3n) is 4.23. The molecule has 5 nitrogen and oxygen atoms in total. The molecule has 5 heteroatoms. The number of hydrogen-bond acceptors (Lipinski definition) is 4. The van der Waals surface area contributed by atoms with E-state index < -0.39 is 0 Å². The summed E-state index contributed by atoms with van der Waals surface area (Å²) in [5.41, 5.74) is 3.05. The van der Waals surface area contributed by atoms with Gasteiger partial charge in [0, 0.05) is 12.1 Å². The molecule has 1 aliphatic rings. The zero-order valence-corrected chi connectivity index (χ0v) is 13.5. The molecule has 0 bridgehead atoms. The summed E-state index contributed by atoms with van der Waals surface area (Å²) in [6.45, 7) is 2.56. The molecule has 1 heterocycles. The van der Waals surface area contributed by atoms with Gasteiger partial charge in [-0.05, 0) is 49.1 Å². The van der Waals surface area contributed by atoms with Gasteiger partial charge in [0.25, 0.3) is 0 Å². The molecule has 3 aromatic rings. The number of rotatable bonds is 5. The lowest BCUT2D eigenvalue weighted by Gasteiger charge is -2.11. The minimum atomic E-state index is 0.123. The second-order valence-corrected chi connectivity index (χ2v) is 6.28. The molecule has 24 heavy (non-hydrogen) atoms. The number of ether oxygens (including phenoxy) is 1. The Bertz CT molecular complexity index is 869. The van der Waals surface area contributed by atoms with Crippen molar-refractivity contribution in [1.82, 2.24) is 15.0 Å². The van der Waals surface area contributed by atoms with Crippen LogP contribution < -0.4 is 4.74 Å². The van der Waals surface area contributed by atoms with Gasteiger partial charge in [0.1, 0.15) is 5.75 Å². The Morgan fingerprint density at radius 1 is 1.17 bits per heavy atom. The number of nitrogens with zero attached hydrogens (tertiary/aromatic N) is 3. The summed E-state index contributed by atoms with van der Waals surface area (Å²) in [6, 6.07) is 13.2. The second-order valence-electron chi connectivity index (χ2n) is 6.28.